The second kappa shape index (κ2) is 12.3. The molecule has 13 heteroatoms. The van der Waals surface area contributed by atoms with Gasteiger partial charge in [0.25, 0.3) is 11.8 Å². The minimum atomic E-state index is -1.75. The molecular weight excluding hydrogens is 617 g/mol. The lowest BCUT2D eigenvalue weighted by molar-refractivity contribution is -0.124. The molecule has 2 amide bonds. The predicted octanol–water partition coefficient (Wildman–Crippen LogP) is 4.00. The molecule has 2 aliphatic rings. The van der Waals surface area contributed by atoms with E-state index in [4.69, 9.17) is 30.8 Å². The fraction of sp³-hybridized carbons (Fsp3) is 0.333. The van der Waals surface area contributed by atoms with Gasteiger partial charge in [-0.15, -0.1) is 0 Å². The number of pyridine rings is 1. The lowest BCUT2D eigenvalue weighted by atomic mass is 9.84. The standard InChI is InChI=1S/C33H33ClFN5O6/c1-32(2)18-45-29-21(32)15-27(39-28(29)19-5-7-23(35)22(34)13-19)33(43,17-40-12-4-10-38-40)16-37-30(41)20-6-8-24(26(14-20)44-3)46-25-9-11-36-31(25)42/h4-8,10,12-15,25,43H,9,11,16-18H2,1-3H3,(H,36,42)(H,37,41). The van der Waals surface area contributed by atoms with Crippen molar-refractivity contribution in [3.05, 3.63) is 88.6 Å². The van der Waals surface area contributed by atoms with Gasteiger partial charge in [0.15, 0.2) is 17.6 Å². The van der Waals surface area contributed by atoms with E-state index in [9.17, 15) is 19.1 Å². The van der Waals surface area contributed by atoms with Crippen molar-refractivity contribution >= 4 is 23.4 Å². The number of aromatic nitrogens is 3. The summed E-state index contributed by atoms with van der Waals surface area (Å²) in [5.74, 6) is -0.135. The summed E-state index contributed by atoms with van der Waals surface area (Å²) in [6.07, 6.45) is 3.16. The fourth-order valence-electron chi connectivity index (χ4n) is 5.55. The van der Waals surface area contributed by atoms with Crippen molar-refractivity contribution in [2.24, 2.45) is 0 Å². The predicted molar refractivity (Wildman–Crippen MR) is 167 cm³/mol. The van der Waals surface area contributed by atoms with E-state index in [0.717, 1.165) is 5.56 Å². The summed E-state index contributed by atoms with van der Waals surface area (Å²) in [5.41, 5.74) is 0.0256. The first-order valence-electron chi connectivity index (χ1n) is 14.7. The zero-order valence-electron chi connectivity index (χ0n) is 25.5. The molecule has 0 radical (unpaired) electrons. The molecule has 0 aliphatic carbocycles. The number of nitrogens with zero attached hydrogens (tertiary/aromatic N) is 3. The zero-order chi connectivity index (χ0) is 32.6. The van der Waals surface area contributed by atoms with Crippen molar-refractivity contribution in [2.75, 3.05) is 26.8 Å². The summed E-state index contributed by atoms with van der Waals surface area (Å²) in [5, 5.41) is 22.0. The van der Waals surface area contributed by atoms with Gasteiger partial charge in [-0.05, 0) is 48.5 Å². The highest BCUT2D eigenvalue weighted by atomic mass is 35.5. The van der Waals surface area contributed by atoms with Crippen LogP contribution in [0.1, 0.15) is 41.9 Å². The van der Waals surface area contributed by atoms with Crippen LogP contribution in [-0.4, -0.2) is 64.6 Å². The van der Waals surface area contributed by atoms with E-state index in [-0.39, 0.29) is 41.0 Å². The number of hydrogen-bond donors (Lipinski definition) is 3. The Morgan fingerprint density at radius 3 is 2.78 bits per heavy atom. The van der Waals surface area contributed by atoms with Crippen LogP contribution in [0.3, 0.4) is 0 Å². The molecule has 0 spiro atoms. The summed E-state index contributed by atoms with van der Waals surface area (Å²) in [6, 6.07) is 12.4. The lowest BCUT2D eigenvalue weighted by Crippen LogP contribution is -2.44. The van der Waals surface area contributed by atoms with E-state index >= 15 is 0 Å². The molecule has 4 heterocycles. The molecule has 0 saturated carbocycles. The van der Waals surface area contributed by atoms with Crippen LogP contribution < -0.4 is 24.8 Å². The zero-order valence-corrected chi connectivity index (χ0v) is 26.2. The molecule has 2 atom stereocenters. The topological polar surface area (TPSA) is 137 Å². The second-order valence-electron chi connectivity index (χ2n) is 12.0. The number of methoxy groups -OCH3 is 1. The number of ether oxygens (including phenoxy) is 3. The Bertz CT molecular complexity index is 1800. The summed E-state index contributed by atoms with van der Waals surface area (Å²) in [4.78, 5) is 30.3. The maximum absolute atomic E-state index is 14.1. The molecule has 4 aromatic rings. The van der Waals surface area contributed by atoms with Crippen molar-refractivity contribution in [3.63, 3.8) is 0 Å². The first-order chi connectivity index (χ1) is 22.0. The maximum Gasteiger partial charge on any atom is 0.261 e. The first-order valence-corrected chi connectivity index (χ1v) is 15.1. The van der Waals surface area contributed by atoms with Crippen molar-refractivity contribution in [1.29, 1.82) is 0 Å². The minimum absolute atomic E-state index is 0.0451. The Kier molecular flexibility index (Phi) is 8.34. The van der Waals surface area contributed by atoms with Crippen molar-refractivity contribution in [3.8, 4) is 28.5 Å². The van der Waals surface area contributed by atoms with Crippen LogP contribution in [0.5, 0.6) is 17.2 Å². The Balaban J connectivity index is 1.33. The van der Waals surface area contributed by atoms with Crippen LogP contribution in [0.25, 0.3) is 11.3 Å². The third kappa shape index (κ3) is 6.10. The number of carbonyl (C=O) groups is 2. The second-order valence-corrected chi connectivity index (χ2v) is 12.4. The van der Waals surface area contributed by atoms with Crippen molar-refractivity contribution in [1.82, 2.24) is 25.4 Å². The quantitative estimate of drug-likeness (QED) is 0.235. The molecule has 0 bridgehead atoms. The van der Waals surface area contributed by atoms with E-state index in [0.29, 0.717) is 42.3 Å². The molecule has 3 N–H and O–H groups in total. The number of benzene rings is 2. The Morgan fingerprint density at radius 1 is 1.26 bits per heavy atom. The number of rotatable bonds is 10. The summed E-state index contributed by atoms with van der Waals surface area (Å²) < 4.78 is 33.0. The molecule has 2 aromatic heterocycles. The number of nitrogens with one attached hydrogen (secondary N) is 2. The van der Waals surface area contributed by atoms with Gasteiger partial charge >= 0.3 is 0 Å². The fourth-order valence-corrected chi connectivity index (χ4v) is 5.73. The SMILES string of the molecule is COc1cc(C(=O)NCC(O)(Cn2cccn2)c2cc3c(c(-c4ccc(F)c(Cl)c4)n2)OCC3(C)C)ccc1OC1CCNC1=O. The van der Waals surface area contributed by atoms with Crippen LogP contribution >= 0.6 is 11.6 Å². The highest BCUT2D eigenvalue weighted by Gasteiger charge is 2.40. The van der Waals surface area contributed by atoms with Gasteiger partial charge in [-0.1, -0.05) is 25.4 Å². The average Bonchev–Trinajstić information content (AvgIpc) is 3.78. The summed E-state index contributed by atoms with van der Waals surface area (Å²) in [7, 11) is 1.44. The minimum Gasteiger partial charge on any atom is -0.493 e. The number of carbonyl (C=O) groups excluding carboxylic acids is 2. The van der Waals surface area contributed by atoms with E-state index in [1.807, 2.05) is 13.8 Å². The summed E-state index contributed by atoms with van der Waals surface area (Å²) >= 11 is 6.13. The molecule has 2 unspecified atom stereocenters. The molecule has 46 heavy (non-hydrogen) atoms. The first kappa shape index (κ1) is 31.3. The molecule has 1 saturated heterocycles. The van der Waals surface area contributed by atoms with E-state index < -0.39 is 28.8 Å². The van der Waals surface area contributed by atoms with Crippen molar-refractivity contribution < 1.29 is 33.3 Å². The Hall–Kier alpha value is -4.68. The largest absolute Gasteiger partial charge is 0.493 e. The number of fused-ring (bicyclic) bond motifs is 1. The highest BCUT2D eigenvalue weighted by molar-refractivity contribution is 6.31. The number of hydrogen-bond acceptors (Lipinski definition) is 8. The number of aliphatic hydroxyl groups is 1. The van der Waals surface area contributed by atoms with Crippen LogP contribution in [-0.2, 0) is 22.4 Å². The maximum atomic E-state index is 14.1. The normalized spacial score (nSPS) is 17.9. The molecular formula is C33H33ClFN5O6. The van der Waals surface area contributed by atoms with Gasteiger partial charge in [0.05, 0.1) is 37.5 Å². The number of amides is 2. The molecule has 2 aromatic carbocycles. The van der Waals surface area contributed by atoms with Gasteiger partial charge in [0, 0.05) is 47.5 Å². The number of halogens is 2. The monoisotopic (exact) mass is 649 g/mol. The van der Waals surface area contributed by atoms with Crippen LogP contribution in [0, 0.1) is 5.82 Å². The van der Waals surface area contributed by atoms with E-state index in [1.54, 1.807) is 47.4 Å². The van der Waals surface area contributed by atoms with Crippen molar-refractivity contribution in [2.45, 2.75) is 43.9 Å². The average molecular weight is 650 g/mol. The van der Waals surface area contributed by atoms with Gasteiger partial charge in [-0.25, -0.2) is 9.37 Å². The third-order valence-corrected chi connectivity index (χ3v) is 8.46. The van der Waals surface area contributed by atoms with Gasteiger partial charge < -0.3 is 30.0 Å². The highest BCUT2D eigenvalue weighted by Crippen LogP contribution is 2.46. The van der Waals surface area contributed by atoms with Gasteiger partial charge in [-0.2, -0.15) is 5.10 Å². The Morgan fingerprint density at radius 2 is 2.09 bits per heavy atom. The van der Waals surface area contributed by atoms with E-state index in [1.165, 1.54) is 25.3 Å². The molecule has 1 fully saturated rings. The van der Waals surface area contributed by atoms with Crippen LogP contribution in [0.2, 0.25) is 5.02 Å². The molecule has 2 aliphatic heterocycles. The van der Waals surface area contributed by atoms with E-state index in [2.05, 4.69) is 15.7 Å². The smallest absolute Gasteiger partial charge is 0.261 e. The van der Waals surface area contributed by atoms with Crippen LogP contribution in [0.15, 0.2) is 60.9 Å². The molecule has 6 rings (SSSR count). The van der Waals surface area contributed by atoms with Crippen LogP contribution in [0.4, 0.5) is 4.39 Å². The van der Waals surface area contributed by atoms with Gasteiger partial charge in [0.1, 0.15) is 22.9 Å². The van der Waals surface area contributed by atoms with Gasteiger partial charge in [-0.3, -0.25) is 14.3 Å². The van der Waals surface area contributed by atoms with Gasteiger partial charge in [0.2, 0.25) is 0 Å². The third-order valence-electron chi connectivity index (χ3n) is 8.17. The molecule has 11 nitrogen and oxygen atoms in total. The molecule has 240 valence electrons. The lowest BCUT2D eigenvalue weighted by Gasteiger charge is -2.30. The Labute approximate surface area is 269 Å². The summed E-state index contributed by atoms with van der Waals surface area (Å²) in [6.45, 7) is 4.63.